The maximum absolute atomic E-state index is 10.5. The zero-order valence-corrected chi connectivity index (χ0v) is 31.1. The van der Waals surface area contributed by atoms with Gasteiger partial charge in [0, 0.05) is 30.8 Å². The third kappa shape index (κ3) is 13.6. The fourth-order valence-corrected chi connectivity index (χ4v) is 7.94. The van der Waals surface area contributed by atoms with Crippen molar-refractivity contribution in [3.05, 3.63) is 62.8 Å². The summed E-state index contributed by atoms with van der Waals surface area (Å²) in [6, 6.07) is 7.50. The molecule has 37 heavy (non-hydrogen) atoms. The van der Waals surface area contributed by atoms with Gasteiger partial charge >= 0.3 is 11.9 Å². The molecule has 3 N–H and O–H groups in total. The van der Waals surface area contributed by atoms with Crippen molar-refractivity contribution >= 4 is 139 Å². The summed E-state index contributed by atoms with van der Waals surface area (Å²) in [5.74, 6) is -1.19. The van der Waals surface area contributed by atoms with Gasteiger partial charge in [-0.1, -0.05) is 63.7 Å². The number of carbonyl (C=O) groups is 2. The number of rotatable bonds is 11. The van der Waals surface area contributed by atoms with Crippen molar-refractivity contribution in [1.82, 2.24) is 0 Å². The molecule has 2 aromatic rings. The molecule has 0 saturated carbocycles. The van der Waals surface area contributed by atoms with Crippen LogP contribution in [0.4, 0.5) is 0 Å². The predicted octanol–water partition coefficient (Wildman–Crippen LogP) is 8.71. The molecule has 2 rings (SSSR count). The molecule has 204 valence electrons. The molecule has 7 nitrogen and oxygen atoms in total. The second-order valence-electron chi connectivity index (χ2n) is 6.94. The number of halogens is 8. The Hall–Kier alpha value is 0.520. The topological polar surface area (TPSA) is 113 Å². The monoisotopic (exact) mass is 1030 g/mol. The average molecular weight is 1030 g/mol. The van der Waals surface area contributed by atoms with Gasteiger partial charge in [-0.15, -0.1) is 0 Å². The summed E-state index contributed by atoms with van der Waals surface area (Å²) in [6.45, 7) is 0.204. The normalized spacial score (nSPS) is 12.0. The molecule has 0 heterocycles. The Labute approximate surface area is 280 Å². The molecule has 0 aliphatic carbocycles. The van der Waals surface area contributed by atoms with Gasteiger partial charge in [0.05, 0.1) is 17.9 Å². The number of aliphatic hydroxyl groups excluding tert-OH is 1. The first-order chi connectivity index (χ1) is 17.2. The van der Waals surface area contributed by atoms with E-state index < -0.39 is 18.0 Å². The van der Waals surface area contributed by atoms with Crippen LogP contribution in [-0.4, -0.2) is 56.7 Å². The van der Waals surface area contributed by atoms with Crippen molar-refractivity contribution in [2.24, 2.45) is 0 Å². The lowest BCUT2D eigenvalue weighted by atomic mass is 10.1. The number of hydrogen-bond acceptors (Lipinski definition) is 5. The lowest BCUT2D eigenvalue weighted by molar-refractivity contribution is -0.135. The van der Waals surface area contributed by atoms with Crippen LogP contribution in [0.2, 0.25) is 0 Å². The molecule has 0 amide bonds. The van der Waals surface area contributed by atoms with E-state index in [0.717, 1.165) is 26.8 Å². The van der Waals surface area contributed by atoms with Crippen LogP contribution in [0.3, 0.4) is 0 Å². The molecule has 0 fully saturated rings. The molecule has 0 aliphatic heterocycles. The minimum atomic E-state index is -1.24. The molecule has 1 unspecified atom stereocenters. The van der Waals surface area contributed by atoms with Crippen molar-refractivity contribution in [2.75, 3.05) is 18.5 Å². The fourth-order valence-electron chi connectivity index (χ4n) is 2.39. The van der Waals surface area contributed by atoms with E-state index in [-0.39, 0.29) is 30.0 Å². The number of ether oxygens (including phenoxy) is 2. The largest absolute Gasteiger partial charge is 0.488 e. The van der Waals surface area contributed by atoms with Crippen LogP contribution in [-0.2, 0) is 9.59 Å². The van der Waals surface area contributed by atoms with Crippen molar-refractivity contribution in [3.8, 4) is 11.5 Å². The first kappa shape index (κ1) is 35.5. The number of aliphatic hydroxyl groups is 1. The molecule has 0 radical (unpaired) electrons. The number of benzene rings is 2. The van der Waals surface area contributed by atoms with E-state index >= 15 is 0 Å². The summed E-state index contributed by atoms with van der Waals surface area (Å²) in [5, 5.41) is 27.6. The first-order valence-corrected chi connectivity index (χ1v) is 16.6. The highest BCUT2D eigenvalue weighted by atomic mass is 79.9. The third-order valence-corrected chi connectivity index (χ3v) is 9.52. The minimum Gasteiger partial charge on any atom is -0.488 e. The molecule has 1 atom stereocenters. The average Bonchev–Trinajstić information content (AvgIpc) is 2.77. The Bertz CT molecular complexity index is 1020. The zero-order chi connectivity index (χ0) is 28.3. The molecule has 2 aromatic carbocycles. The molecule has 0 spiro atoms. The molecular formula is C22H18Br8O7. The summed E-state index contributed by atoms with van der Waals surface area (Å²) in [6.07, 6.45) is 0.0986. The van der Waals surface area contributed by atoms with Gasteiger partial charge in [-0.05, 0) is 94.4 Å². The van der Waals surface area contributed by atoms with Gasteiger partial charge < -0.3 is 24.8 Å². The Kier molecular flexibility index (Phi) is 17.3. The van der Waals surface area contributed by atoms with Crippen LogP contribution in [0.1, 0.15) is 6.42 Å². The van der Waals surface area contributed by atoms with Crippen LogP contribution in [0, 0.1) is 0 Å². The Morgan fingerprint density at radius 3 is 1.49 bits per heavy atom. The first-order valence-electron chi connectivity index (χ1n) is 9.84. The molecule has 15 heteroatoms. The van der Waals surface area contributed by atoms with Crippen LogP contribution >= 0.6 is 127 Å². The quantitative estimate of drug-likeness (QED) is 0.153. The number of carboxylic acid groups (broad SMARTS) is 2. The Balaban J connectivity index is 0.000000448. The van der Waals surface area contributed by atoms with E-state index in [1.165, 1.54) is 0 Å². The molecule has 0 bridgehead atoms. The summed E-state index contributed by atoms with van der Waals surface area (Å²) < 4.78 is 16.3. The molecular weight excluding hydrogens is 1020 g/mol. The second-order valence-corrected chi connectivity index (χ2v) is 14.1. The van der Waals surface area contributed by atoms with Crippen LogP contribution in [0.25, 0.3) is 0 Å². The van der Waals surface area contributed by atoms with Crippen molar-refractivity contribution in [2.45, 2.75) is 17.4 Å². The smallest absolute Gasteiger partial charge is 0.331 e. The number of alkyl halides is 2. The summed E-state index contributed by atoms with van der Waals surface area (Å²) in [5.41, 5.74) is -0.117. The summed E-state index contributed by atoms with van der Waals surface area (Å²) in [4.78, 5) is 20.7. The van der Waals surface area contributed by atoms with E-state index in [1.54, 1.807) is 0 Å². The van der Waals surface area contributed by atoms with Gasteiger partial charge in [0.2, 0.25) is 0 Å². The van der Waals surface area contributed by atoms with Gasteiger partial charge in [0.25, 0.3) is 0 Å². The van der Waals surface area contributed by atoms with Crippen LogP contribution < -0.4 is 9.47 Å². The van der Waals surface area contributed by atoms with E-state index in [4.69, 9.17) is 19.7 Å². The molecule has 0 aromatic heterocycles. The lowest BCUT2D eigenvalue weighted by Crippen LogP contribution is -2.25. The van der Waals surface area contributed by atoms with E-state index in [9.17, 15) is 14.7 Å². The predicted molar refractivity (Wildman–Crippen MR) is 171 cm³/mol. The van der Waals surface area contributed by atoms with E-state index in [1.807, 2.05) is 24.3 Å². The van der Waals surface area contributed by atoms with Crippen LogP contribution in [0.15, 0.2) is 62.8 Å². The number of aliphatic carboxylic acids is 2. The maximum Gasteiger partial charge on any atom is 0.331 e. The highest BCUT2D eigenvalue weighted by molar-refractivity contribution is 9.12. The molecule has 0 aliphatic rings. The summed E-state index contributed by atoms with van der Waals surface area (Å²) in [7, 11) is 0. The summed E-state index contributed by atoms with van der Waals surface area (Å²) >= 11 is 26.9. The van der Waals surface area contributed by atoms with Crippen molar-refractivity contribution in [3.63, 3.8) is 0 Å². The lowest BCUT2D eigenvalue weighted by Gasteiger charge is -2.17. The SMILES string of the molecule is O=C(O)/C=C(\CC(Br)CBr)C(=O)O.OC(COc1c(Br)cc(Br)cc1Br)COc1c(Br)cc(Br)cc1Br. The molecule has 0 saturated heterocycles. The standard InChI is InChI=1S/C15H10Br6O3.C7H8Br2O4/c16-7-1-10(18)14(11(19)2-7)23-5-9(22)6-24-15-12(20)3-8(17)4-13(15)21;8-3-5(9)1-4(7(12)13)2-6(10)11/h1-4,9,22H,5-6H2;2,5H,1,3H2,(H,10,11)(H,12,13)/b;4-2+. The third-order valence-electron chi connectivity index (χ3n) is 3.95. The minimum absolute atomic E-state index is 0.0748. The number of hydrogen-bond donors (Lipinski definition) is 3. The highest BCUT2D eigenvalue weighted by Gasteiger charge is 2.15. The Morgan fingerprint density at radius 2 is 1.19 bits per heavy atom. The fraction of sp³-hybridized carbons (Fsp3) is 0.273. The van der Waals surface area contributed by atoms with E-state index in [2.05, 4.69) is 127 Å². The second kappa shape index (κ2) is 18.1. The zero-order valence-electron chi connectivity index (χ0n) is 18.4. The highest BCUT2D eigenvalue weighted by Crippen LogP contribution is 2.37. The van der Waals surface area contributed by atoms with E-state index in [0.29, 0.717) is 22.9 Å². The van der Waals surface area contributed by atoms with Gasteiger partial charge in [-0.25, -0.2) is 9.59 Å². The Morgan fingerprint density at radius 1 is 0.811 bits per heavy atom. The van der Waals surface area contributed by atoms with Crippen LogP contribution in [0.5, 0.6) is 11.5 Å². The van der Waals surface area contributed by atoms with Gasteiger partial charge in [0.1, 0.15) is 30.8 Å². The maximum atomic E-state index is 10.5. The van der Waals surface area contributed by atoms with Gasteiger partial charge in [-0.2, -0.15) is 0 Å². The van der Waals surface area contributed by atoms with Gasteiger partial charge in [-0.3, -0.25) is 0 Å². The van der Waals surface area contributed by atoms with Gasteiger partial charge in [0.15, 0.2) is 0 Å². The number of carboxylic acids is 2. The van der Waals surface area contributed by atoms with Crippen molar-refractivity contribution in [1.29, 1.82) is 0 Å². The van der Waals surface area contributed by atoms with Crippen molar-refractivity contribution < 1.29 is 34.4 Å².